The lowest BCUT2D eigenvalue weighted by Crippen LogP contribution is -2.47. The van der Waals surface area contributed by atoms with Crippen LogP contribution in [-0.2, 0) is 10.0 Å². The van der Waals surface area contributed by atoms with E-state index in [1.165, 1.54) is 27.4 Å². The lowest BCUT2D eigenvalue weighted by atomic mass is 10.2. The van der Waals surface area contributed by atoms with Crippen LogP contribution in [-0.4, -0.2) is 75.8 Å². The predicted molar refractivity (Wildman–Crippen MR) is 85.7 cm³/mol. The number of halogens is 1. The summed E-state index contributed by atoms with van der Waals surface area (Å²) in [7, 11) is 1.55. The molecule has 0 atom stereocenters. The van der Waals surface area contributed by atoms with Gasteiger partial charge in [-0.05, 0) is 25.2 Å². The number of nitrogens with zero attached hydrogens (tertiary/aromatic N) is 3. The van der Waals surface area contributed by atoms with Crippen molar-refractivity contribution >= 4 is 27.5 Å². The van der Waals surface area contributed by atoms with E-state index in [4.69, 9.17) is 11.6 Å². The molecule has 0 unspecified atom stereocenters. The summed E-state index contributed by atoms with van der Waals surface area (Å²) >= 11 is 6.03. The van der Waals surface area contributed by atoms with Crippen molar-refractivity contribution in [3.05, 3.63) is 28.8 Å². The van der Waals surface area contributed by atoms with Gasteiger partial charge in [0.2, 0.25) is 10.0 Å². The van der Waals surface area contributed by atoms with Gasteiger partial charge in [-0.25, -0.2) is 8.42 Å². The number of hydrogen-bond acceptors (Lipinski definition) is 4. The fraction of sp³-hybridized carbons (Fsp3) is 0.500. The fourth-order valence-corrected chi connectivity index (χ4v) is 3.89. The molecule has 0 radical (unpaired) electrons. The Bertz CT molecular complexity index is 668. The topological polar surface area (TPSA) is 60.9 Å². The second-order valence-corrected chi connectivity index (χ2v) is 7.89. The van der Waals surface area contributed by atoms with E-state index in [-0.39, 0.29) is 21.4 Å². The number of piperazine rings is 1. The number of hydrogen-bond donors (Lipinski definition) is 0. The van der Waals surface area contributed by atoms with E-state index in [1.807, 2.05) is 7.05 Å². The lowest BCUT2D eigenvalue weighted by Gasteiger charge is -2.31. The Balaban J connectivity index is 2.36. The van der Waals surface area contributed by atoms with Crippen molar-refractivity contribution in [2.24, 2.45) is 0 Å². The first kappa shape index (κ1) is 17.2. The van der Waals surface area contributed by atoms with Crippen molar-refractivity contribution in [1.29, 1.82) is 0 Å². The SMILES string of the molecule is CN1CCN(S(=O)(=O)c2ccc(Cl)c(C(=O)N(C)C)c2)CC1. The smallest absolute Gasteiger partial charge is 0.254 e. The molecule has 2 rings (SSSR count). The van der Waals surface area contributed by atoms with Crippen molar-refractivity contribution in [3.8, 4) is 0 Å². The van der Waals surface area contributed by atoms with E-state index in [2.05, 4.69) is 4.90 Å². The van der Waals surface area contributed by atoms with E-state index in [0.717, 1.165) is 0 Å². The zero-order valence-corrected chi connectivity index (χ0v) is 14.5. The average Bonchev–Trinajstić information content (AvgIpc) is 2.47. The molecule has 1 aliphatic rings. The fourth-order valence-electron chi connectivity index (χ4n) is 2.25. The van der Waals surface area contributed by atoms with Gasteiger partial charge >= 0.3 is 0 Å². The van der Waals surface area contributed by atoms with Gasteiger partial charge in [-0.2, -0.15) is 4.31 Å². The van der Waals surface area contributed by atoms with Crippen LogP contribution in [0.15, 0.2) is 23.1 Å². The maximum Gasteiger partial charge on any atom is 0.254 e. The second-order valence-electron chi connectivity index (χ2n) is 5.55. The lowest BCUT2D eigenvalue weighted by molar-refractivity contribution is 0.0827. The highest BCUT2D eigenvalue weighted by molar-refractivity contribution is 7.89. The van der Waals surface area contributed by atoms with Crippen molar-refractivity contribution in [1.82, 2.24) is 14.1 Å². The van der Waals surface area contributed by atoms with Crippen LogP contribution in [0.1, 0.15) is 10.4 Å². The molecule has 1 aromatic rings. The molecular weight excluding hydrogens is 326 g/mol. The molecule has 0 aliphatic carbocycles. The summed E-state index contributed by atoms with van der Waals surface area (Å²) < 4.78 is 26.8. The van der Waals surface area contributed by atoms with E-state index in [0.29, 0.717) is 26.2 Å². The molecule has 0 saturated carbocycles. The molecule has 1 aromatic carbocycles. The number of carbonyl (C=O) groups is 1. The van der Waals surface area contributed by atoms with Crippen LogP contribution in [0.5, 0.6) is 0 Å². The normalized spacial score (nSPS) is 17.5. The number of amides is 1. The van der Waals surface area contributed by atoms with Gasteiger partial charge in [-0.1, -0.05) is 11.6 Å². The molecule has 0 aromatic heterocycles. The molecule has 0 spiro atoms. The van der Waals surface area contributed by atoms with Gasteiger partial charge in [0.25, 0.3) is 5.91 Å². The number of sulfonamides is 1. The van der Waals surface area contributed by atoms with Crippen LogP contribution in [0.2, 0.25) is 5.02 Å². The van der Waals surface area contributed by atoms with Gasteiger partial charge in [-0.15, -0.1) is 0 Å². The van der Waals surface area contributed by atoms with Crippen LogP contribution in [0.3, 0.4) is 0 Å². The zero-order chi connectivity index (χ0) is 16.5. The van der Waals surface area contributed by atoms with E-state index in [9.17, 15) is 13.2 Å². The van der Waals surface area contributed by atoms with Crippen molar-refractivity contribution < 1.29 is 13.2 Å². The van der Waals surface area contributed by atoms with Gasteiger partial charge in [0.1, 0.15) is 0 Å². The number of rotatable bonds is 3. The van der Waals surface area contributed by atoms with Crippen molar-refractivity contribution in [2.45, 2.75) is 4.90 Å². The van der Waals surface area contributed by atoms with Gasteiger partial charge in [-0.3, -0.25) is 4.79 Å². The largest absolute Gasteiger partial charge is 0.345 e. The van der Waals surface area contributed by atoms with Crippen LogP contribution < -0.4 is 0 Å². The summed E-state index contributed by atoms with van der Waals surface area (Å²) in [5.74, 6) is -0.319. The zero-order valence-electron chi connectivity index (χ0n) is 12.9. The molecule has 6 nitrogen and oxygen atoms in total. The third-order valence-corrected chi connectivity index (χ3v) is 5.90. The Kier molecular flexibility index (Phi) is 5.11. The predicted octanol–water partition coefficient (Wildman–Crippen LogP) is 0.978. The highest BCUT2D eigenvalue weighted by Crippen LogP contribution is 2.24. The minimum absolute atomic E-state index is 0.103. The monoisotopic (exact) mass is 345 g/mol. The van der Waals surface area contributed by atoms with E-state index in [1.54, 1.807) is 14.1 Å². The Morgan fingerprint density at radius 2 is 1.77 bits per heavy atom. The molecule has 1 aliphatic heterocycles. The molecule has 0 bridgehead atoms. The first-order chi connectivity index (χ1) is 10.2. The third kappa shape index (κ3) is 3.43. The van der Waals surface area contributed by atoms with Crippen molar-refractivity contribution in [3.63, 3.8) is 0 Å². The summed E-state index contributed by atoms with van der Waals surface area (Å²) in [5, 5.41) is 0.246. The van der Waals surface area contributed by atoms with E-state index < -0.39 is 10.0 Å². The average molecular weight is 346 g/mol. The summed E-state index contributed by atoms with van der Waals surface area (Å²) in [4.78, 5) is 15.6. The molecule has 1 amide bonds. The number of carbonyl (C=O) groups excluding carboxylic acids is 1. The van der Waals surface area contributed by atoms with E-state index >= 15 is 0 Å². The minimum atomic E-state index is -3.61. The maximum atomic E-state index is 12.7. The Morgan fingerprint density at radius 3 is 2.32 bits per heavy atom. The van der Waals surface area contributed by atoms with Gasteiger partial charge in [0.05, 0.1) is 15.5 Å². The summed E-state index contributed by atoms with van der Waals surface area (Å²) in [5.41, 5.74) is 0.196. The first-order valence-electron chi connectivity index (χ1n) is 6.93. The summed E-state index contributed by atoms with van der Waals surface area (Å²) in [6.07, 6.45) is 0. The highest BCUT2D eigenvalue weighted by Gasteiger charge is 2.28. The first-order valence-corrected chi connectivity index (χ1v) is 8.75. The summed E-state index contributed by atoms with van der Waals surface area (Å²) in [6.45, 7) is 2.27. The van der Waals surface area contributed by atoms with Gasteiger partial charge < -0.3 is 9.80 Å². The Morgan fingerprint density at radius 1 is 1.18 bits per heavy atom. The molecule has 122 valence electrons. The molecular formula is C14H20ClN3O3S. The van der Waals surface area contributed by atoms with Crippen LogP contribution in [0, 0.1) is 0 Å². The maximum absolute atomic E-state index is 12.7. The van der Waals surface area contributed by atoms with Gasteiger partial charge in [0.15, 0.2) is 0 Å². The Hall–Kier alpha value is -1.15. The number of benzene rings is 1. The molecule has 1 saturated heterocycles. The summed E-state index contributed by atoms with van der Waals surface area (Å²) in [6, 6.07) is 4.27. The molecule has 1 fully saturated rings. The third-order valence-electron chi connectivity index (χ3n) is 3.67. The van der Waals surface area contributed by atoms with Crippen LogP contribution >= 0.6 is 11.6 Å². The number of likely N-dealkylation sites (N-methyl/N-ethyl adjacent to an activating group) is 1. The molecule has 22 heavy (non-hydrogen) atoms. The quantitative estimate of drug-likeness (QED) is 0.819. The molecule has 0 N–H and O–H groups in total. The minimum Gasteiger partial charge on any atom is -0.345 e. The molecule has 8 heteroatoms. The second kappa shape index (κ2) is 6.54. The van der Waals surface area contributed by atoms with Crippen LogP contribution in [0.25, 0.3) is 0 Å². The highest BCUT2D eigenvalue weighted by atomic mass is 35.5. The van der Waals surface area contributed by atoms with Crippen LogP contribution in [0.4, 0.5) is 0 Å². The standard InChI is InChI=1S/C14H20ClN3O3S/c1-16(2)14(19)12-10-11(4-5-13(12)15)22(20,21)18-8-6-17(3)7-9-18/h4-5,10H,6-9H2,1-3H3. The van der Waals surface area contributed by atoms with Crippen molar-refractivity contribution in [2.75, 3.05) is 47.3 Å². The Labute approximate surface area is 136 Å². The van der Waals surface area contributed by atoms with Gasteiger partial charge in [0, 0.05) is 40.3 Å². The molecule has 1 heterocycles.